The summed E-state index contributed by atoms with van der Waals surface area (Å²) >= 11 is 0. The van der Waals surface area contributed by atoms with E-state index in [-0.39, 0.29) is 5.91 Å². The zero-order chi connectivity index (χ0) is 17.1. The number of aryl methyl sites for hydroxylation is 1. The molecule has 2 aromatic rings. The van der Waals surface area contributed by atoms with Crippen molar-refractivity contribution >= 4 is 11.7 Å². The first-order valence-electron chi connectivity index (χ1n) is 8.54. The highest BCUT2D eigenvalue weighted by Crippen LogP contribution is 2.28. The predicted molar refractivity (Wildman–Crippen MR) is 97.6 cm³/mol. The first kappa shape index (κ1) is 16.5. The Morgan fingerprint density at radius 1 is 1.21 bits per heavy atom. The zero-order valence-electron chi connectivity index (χ0n) is 14.7. The van der Waals surface area contributed by atoms with Crippen LogP contribution in [-0.2, 0) is 0 Å². The number of pyridine rings is 1. The molecule has 1 aliphatic rings. The summed E-state index contributed by atoms with van der Waals surface area (Å²) in [6.45, 7) is 3.73. The monoisotopic (exact) mass is 323 g/mol. The Labute approximate surface area is 144 Å². The standard InChI is InChI=1S/C20H25N3O/c1-15-6-8-16(9-7-15)18-5-4-12-23(14-18)20(24)17-10-11-21-19(13-17)22(2)3/h6-11,13,18H,4-5,12,14H2,1-3H3. The van der Waals surface area contributed by atoms with E-state index in [0.29, 0.717) is 5.92 Å². The Morgan fingerprint density at radius 3 is 2.67 bits per heavy atom. The van der Waals surface area contributed by atoms with Crippen LogP contribution in [0.3, 0.4) is 0 Å². The number of aromatic nitrogens is 1. The first-order valence-corrected chi connectivity index (χ1v) is 8.54. The van der Waals surface area contributed by atoms with Crippen LogP contribution in [0, 0.1) is 6.92 Å². The third-order valence-electron chi connectivity index (χ3n) is 4.71. The number of piperidine rings is 1. The lowest BCUT2D eigenvalue weighted by Crippen LogP contribution is -2.39. The summed E-state index contributed by atoms with van der Waals surface area (Å²) in [5.41, 5.74) is 3.33. The fourth-order valence-electron chi connectivity index (χ4n) is 3.25. The lowest BCUT2D eigenvalue weighted by molar-refractivity contribution is 0.0707. The molecule has 0 radical (unpaired) electrons. The van der Waals surface area contributed by atoms with Crippen LogP contribution < -0.4 is 4.90 Å². The Hall–Kier alpha value is -2.36. The molecule has 3 rings (SSSR count). The van der Waals surface area contributed by atoms with E-state index in [1.807, 2.05) is 36.0 Å². The van der Waals surface area contributed by atoms with Crippen molar-refractivity contribution in [2.75, 3.05) is 32.1 Å². The molecule has 1 unspecified atom stereocenters. The Balaban J connectivity index is 1.75. The Bertz CT molecular complexity index is 709. The van der Waals surface area contributed by atoms with Crippen LogP contribution in [0.4, 0.5) is 5.82 Å². The highest BCUT2D eigenvalue weighted by Gasteiger charge is 2.25. The number of hydrogen-bond acceptors (Lipinski definition) is 3. The van der Waals surface area contributed by atoms with E-state index in [2.05, 4.69) is 36.2 Å². The maximum Gasteiger partial charge on any atom is 0.254 e. The molecular weight excluding hydrogens is 298 g/mol. The molecule has 0 N–H and O–H groups in total. The number of amides is 1. The van der Waals surface area contributed by atoms with Gasteiger partial charge in [-0.2, -0.15) is 0 Å². The minimum absolute atomic E-state index is 0.109. The van der Waals surface area contributed by atoms with Crippen molar-refractivity contribution in [1.82, 2.24) is 9.88 Å². The van der Waals surface area contributed by atoms with Gasteiger partial charge in [-0.3, -0.25) is 4.79 Å². The maximum atomic E-state index is 12.9. The van der Waals surface area contributed by atoms with Crippen molar-refractivity contribution in [1.29, 1.82) is 0 Å². The Kier molecular flexibility index (Phi) is 4.84. The molecule has 0 saturated carbocycles. The second kappa shape index (κ2) is 7.04. The van der Waals surface area contributed by atoms with Crippen LogP contribution in [0.2, 0.25) is 0 Å². The molecule has 0 spiro atoms. The van der Waals surface area contributed by atoms with E-state index in [1.165, 1.54) is 11.1 Å². The third kappa shape index (κ3) is 3.58. The molecule has 1 atom stereocenters. The van der Waals surface area contributed by atoms with Gasteiger partial charge in [0.1, 0.15) is 5.82 Å². The lowest BCUT2D eigenvalue weighted by atomic mass is 9.90. The fourth-order valence-corrected chi connectivity index (χ4v) is 3.25. The van der Waals surface area contributed by atoms with Gasteiger partial charge in [-0.25, -0.2) is 4.98 Å². The molecule has 2 heterocycles. The summed E-state index contributed by atoms with van der Waals surface area (Å²) < 4.78 is 0. The second-order valence-corrected chi connectivity index (χ2v) is 6.80. The highest BCUT2D eigenvalue weighted by molar-refractivity contribution is 5.95. The van der Waals surface area contributed by atoms with Crippen molar-refractivity contribution in [3.8, 4) is 0 Å². The van der Waals surface area contributed by atoms with Gasteiger partial charge < -0.3 is 9.80 Å². The molecular formula is C20H25N3O. The minimum Gasteiger partial charge on any atom is -0.363 e. The van der Waals surface area contributed by atoms with Crippen molar-refractivity contribution in [2.24, 2.45) is 0 Å². The average molecular weight is 323 g/mol. The predicted octanol–water partition coefficient (Wildman–Crippen LogP) is 3.48. The molecule has 1 amide bonds. The normalized spacial score (nSPS) is 17.6. The number of carbonyl (C=O) groups excluding carboxylic acids is 1. The minimum atomic E-state index is 0.109. The van der Waals surface area contributed by atoms with Gasteiger partial charge in [0.15, 0.2) is 0 Å². The van der Waals surface area contributed by atoms with E-state index in [0.717, 1.165) is 37.3 Å². The molecule has 1 aromatic carbocycles. The molecule has 1 aliphatic heterocycles. The van der Waals surface area contributed by atoms with Gasteiger partial charge in [0.05, 0.1) is 0 Å². The largest absolute Gasteiger partial charge is 0.363 e. The van der Waals surface area contributed by atoms with E-state index in [4.69, 9.17) is 0 Å². The van der Waals surface area contributed by atoms with Gasteiger partial charge in [0.2, 0.25) is 0 Å². The van der Waals surface area contributed by atoms with Crippen molar-refractivity contribution < 1.29 is 4.79 Å². The Morgan fingerprint density at radius 2 is 1.96 bits per heavy atom. The van der Waals surface area contributed by atoms with Gasteiger partial charge >= 0.3 is 0 Å². The number of nitrogens with zero attached hydrogens (tertiary/aromatic N) is 3. The summed E-state index contributed by atoms with van der Waals surface area (Å²) in [5, 5.41) is 0. The number of likely N-dealkylation sites (tertiary alicyclic amines) is 1. The second-order valence-electron chi connectivity index (χ2n) is 6.80. The molecule has 0 aliphatic carbocycles. The summed E-state index contributed by atoms with van der Waals surface area (Å²) in [7, 11) is 3.87. The molecule has 1 fully saturated rings. The number of benzene rings is 1. The smallest absolute Gasteiger partial charge is 0.254 e. The van der Waals surface area contributed by atoms with E-state index >= 15 is 0 Å². The topological polar surface area (TPSA) is 36.4 Å². The van der Waals surface area contributed by atoms with Gasteiger partial charge in [0, 0.05) is 44.9 Å². The van der Waals surface area contributed by atoms with Crippen LogP contribution in [0.25, 0.3) is 0 Å². The van der Waals surface area contributed by atoms with Gasteiger partial charge in [0.25, 0.3) is 5.91 Å². The average Bonchev–Trinajstić information content (AvgIpc) is 2.62. The van der Waals surface area contributed by atoms with E-state index in [1.54, 1.807) is 6.20 Å². The van der Waals surface area contributed by atoms with Crippen LogP contribution in [-0.4, -0.2) is 43.0 Å². The molecule has 4 nitrogen and oxygen atoms in total. The number of anilines is 1. The van der Waals surface area contributed by atoms with Crippen molar-refractivity contribution in [3.63, 3.8) is 0 Å². The van der Waals surface area contributed by atoms with Gasteiger partial charge in [-0.15, -0.1) is 0 Å². The van der Waals surface area contributed by atoms with Crippen LogP contribution >= 0.6 is 0 Å². The molecule has 1 saturated heterocycles. The molecule has 0 bridgehead atoms. The first-order chi connectivity index (χ1) is 11.5. The summed E-state index contributed by atoms with van der Waals surface area (Å²) in [6, 6.07) is 12.4. The summed E-state index contributed by atoms with van der Waals surface area (Å²) in [5.74, 6) is 1.35. The quantitative estimate of drug-likeness (QED) is 0.868. The van der Waals surface area contributed by atoms with Crippen molar-refractivity contribution in [3.05, 3.63) is 59.3 Å². The summed E-state index contributed by atoms with van der Waals surface area (Å²) in [6.07, 6.45) is 3.91. The third-order valence-corrected chi connectivity index (χ3v) is 4.71. The van der Waals surface area contributed by atoms with E-state index in [9.17, 15) is 4.79 Å². The lowest BCUT2D eigenvalue weighted by Gasteiger charge is -2.33. The van der Waals surface area contributed by atoms with Gasteiger partial charge in [-0.05, 0) is 37.5 Å². The number of hydrogen-bond donors (Lipinski definition) is 0. The molecule has 1 aromatic heterocycles. The molecule has 24 heavy (non-hydrogen) atoms. The number of carbonyl (C=O) groups is 1. The zero-order valence-corrected chi connectivity index (χ0v) is 14.7. The van der Waals surface area contributed by atoms with E-state index < -0.39 is 0 Å². The SMILES string of the molecule is Cc1ccc(C2CCCN(C(=O)c3ccnc(N(C)C)c3)C2)cc1. The highest BCUT2D eigenvalue weighted by atomic mass is 16.2. The fraction of sp³-hybridized carbons (Fsp3) is 0.400. The summed E-state index contributed by atoms with van der Waals surface area (Å²) in [4.78, 5) is 21.1. The number of rotatable bonds is 3. The van der Waals surface area contributed by atoms with Gasteiger partial charge in [-0.1, -0.05) is 29.8 Å². The molecule has 4 heteroatoms. The molecule has 126 valence electrons. The van der Waals surface area contributed by atoms with Crippen LogP contribution in [0.5, 0.6) is 0 Å². The van der Waals surface area contributed by atoms with Crippen LogP contribution in [0.1, 0.15) is 40.2 Å². The van der Waals surface area contributed by atoms with Crippen molar-refractivity contribution in [2.45, 2.75) is 25.7 Å². The van der Waals surface area contributed by atoms with Crippen LogP contribution in [0.15, 0.2) is 42.6 Å². The maximum absolute atomic E-state index is 12.9.